The number of anilines is 1. The second kappa shape index (κ2) is 6.40. The molecule has 4 heteroatoms. The number of ether oxygens (including phenoxy) is 1. The fourth-order valence-corrected chi connectivity index (χ4v) is 4.88. The first-order chi connectivity index (χ1) is 11.5. The van der Waals surface area contributed by atoms with E-state index < -0.39 is 0 Å². The number of aryl methyl sites for hydroxylation is 2. The van der Waals surface area contributed by atoms with E-state index in [-0.39, 0.29) is 11.4 Å². The van der Waals surface area contributed by atoms with Crippen LogP contribution in [0.25, 0.3) is 0 Å². The van der Waals surface area contributed by atoms with Crippen molar-refractivity contribution in [2.24, 2.45) is 0 Å². The van der Waals surface area contributed by atoms with Gasteiger partial charge < -0.3 is 14.5 Å². The van der Waals surface area contributed by atoms with Crippen molar-refractivity contribution in [3.8, 4) is 5.75 Å². The molecule has 2 aliphatic rings. The van der Waals surface area contributed by atoms with E-state index in [9.17, 15) is 4.79 Å². The van der Waals surface area contributed by atoms with Gasteiger partial charge in [0.25, 0.3) is 5.91 Å². The first-order valence-corrected chi connectivity index (χ1v) is 9.31. The van der Waals surface area contributed by atoms with Crippen LogP contribution in [0.3, 0.4) is 0 Å². The molecule has 1 amide bonds. The van der Waals surface area contributed by atoms with Crippen molar-refractivity contribution in [3.05, 3.63) is 23.3 Å². The second-order valence-corrected chi connectivity index (χ2v) is 7.59. The molecule has 1 heterocycles. The Balaban J connectivity index is 1.89. The van der Waals surface area contributed by atoms with Crippen molar-refractivity contribution in [1.82, 2.24) is 0 Å². The Kier molecular flexibility index (Phi) is 4.60. The number of amides is 1. The molecule has 3 rings (SSSR count). The SMILES string of the molecule is CC[N+]1(C2(C(=O)Nc3c(C)cc(OC)cc3C)CCC2)CCCC1. The lowest BCUT2D eigenvalue weighted by molar-refractivity contribution is -0.960. The van der Waals surface area contributed by atoms with Gasteiger partial charge in [0, 0.05) is 31.4 Å². The molecule has 1 saturated carbocycles. The third-order valence-corrected chi connectivity index (χ3v) is 6.52. The highest BCUT2D eigenvalue weighted by atomic mass is 16.5. The number of nitrogens with one attached hydrogen (secondary N) is 1. The average Bonchev–Trinajstić information content (AvgIpc) is 2.99. The van der Waals surface area contributed by atoms with E-state index in [0.29, 0.717) is 0 Å². The van der Waals surface area contributed by atoms with Crippen molar-refractivity contribution >= 4 is 11.6 Å². The van der Waals surface area contributed by atoms with Crippen LogP contribution in [0.1, 0.15) is 50.2 Å². The molecule has 0 radical (unpaired) electrons. The van der Waals surface area contributed by atoms with Crippen molar-refractivity contribution in [3.63, 3.8) is 0 Å². The number of benzene rings is 1. The predicted octanol–water partition coefficient (Wildman–Crippen LogP) is 3.80. The van der Waals surface area contributed by atoms with E-state index in [0.717, 1.165) is 59.5 Å². The highest BCUT2D eigenvalue weighted by Gasteiger charge is 2.60. The molecular weight excluding hydrogens is 300 g/mol. The molecule has 1 aromatic rings. The van der Waals surface area contributed by atoms with Gasteiger partial charge in [-0.2, -0.15) is 0 Å². The molecule has 1 aromatic carbocycles. The number of hydrogen-bond acceptors (Lipinski definition) is 2. The molecule has 0 unspecified atom stereocenters. The van der Waals surface area contributed by atoms with E-state index in [1.54, 1.807) is 7.11 Å². The Morgan fingerprint density at radius 1 is 1.17 bits per heavy atom. The normalized spacial score (nSPS) is 21.2. The van der Waals surface area contributed by atoms with Gasteiger partial charge >= 0.3 is 0 Å². The monoisotopic (exact) mass is 331 g/mol. The maximum atomic E-state index is 13.4. The van der Waals surface area contributed by atoms with E-state index >= 15 is 0 Å². The summed E-state index contributed by atoms with van der Waals surface area (Å²) in [6.07, 6.45) is 5.74. The topological polar surface area (TPSA) is 38.3 Å². The minimum Gasteiger partial charge on any atom is -0.497 e. The Bertz CT molecular complexity index is 606. The van der Waals surface area contributed by atoms with Gasteiger partial charge in [0.1, 0.15) is 5.75 Å². The van der Waals surface area contributed by atoms with Crippen molar-refractivity contribution in [2.45, 2.75) is 58.4 Å². The van der Waals surface area contributed by atoms with Crippen LogP contribution in [0.5, 0.6) is 5.75 Å². The van der Waals surface area contributed by atoms with Gasteiger partial charge in [-0.25, -0.2) is 0 Å². The maximum Gasteiger partial charge on any atom is 0.285 e. The van der Waals surface area contributed by atoms with Crippen LogP contribution in [0, 0.1) is 13.8 Å². The summed E-state index contributed by atoms with van der Waals surface area (Å²) in [7, 11) is 1.68. The summed E-state index contributed by atoms with van der Waals surface area (Å²) in [6.45, 7) is 9.71. The molecular formula is C20H31N2O2+. The molecule has 0 spiro atoms. The van der Waals surface area contributed by atoms with Crippen molar-refractivity contribution in [1.29, 1.82) is 0 Å². The quantitative estimate of drug-likeness (QED) is 0.833. The van der Waals surface area contributed by atoms with Crippen LogP contribution in [0.15, 0.2) is 12.1 Å². The van der Waals surface area contributed by atoms with Gasteiger partial charge in [-0.15, -0.1) is 0 Å². The van der Waals surface area contributed by atoms with E-state index in [2.05, 4.69) is 12.2 Å². The van der Waals surface area contributed by atoms with Gasteiger partial charge in [0.05, 0.1) is 26.7 Å². The Morgan fingerprint density at radius 3 is 2.17 bits per heavy atom. The number of nitrogens with zero attached hydrogens (tertiary/aromatic N) is 1. The summed E-state index contributed by atoms with van der Waals surface area (Å²) in [5, 5.41) is 3.30. The van der Waals surface area contributed by atoms with E-state index in [1.807, 2.05) is 26.0 Å². The molecule has 4 nitrogen and oxygen atoms in total. The van der Waals surface area contributed by atoms with Gasteiger partial charge in [0.15, 0.2) is 5.54 Å². The predicted molar refractivity (Wildman–Crippen MR) is 97.4 cm³/mol. The smallest absolute Gasteiger partial charge is 0.285 e. The van der Waals surface area contributed by atoms with E-state index in [1.165, 1.54) is 19.3 Å². The Labute approximate surface area is 145 Å². The fraction of sp³-hybridized carbons (Fsp3) is 0.650. The number of carbonyl (C=O) groups excluding carboxylic acids is 1. The highest BCUT2D eigenvalue weighted by Crippen LogP contribution is 2.46. The first kappa shape index (κ1) is 17.3. The van der Waals surface area contributed by atoms with Crippen LogP contribution in [-0.4, -0.2) is 42.7 Å². The highest BCUT2D eigenvalue weighted by molar-refractivity contribution is 5.99. The molecule has 0 atom stereocenters. The summed E-state index contributed by atoms with van der Waals surface area (Å²) < 4.78 is 6.33. The number of hydrogen-bond donors (Lipinski definition) is 1. The molecule has 1 aliphatic heterocycles. The largest absolute Gasteiger partial charge is 0.497 e. The molecule has 24 heavy (non-hydrogen) atoms. The molecule has 2 fully saturated rings. The molecule has 1 N–H and O–H groups in total. The van der Waals surface area contributed by atoms with Crippen molar-refractivity contribution < 1.29 is 14.0 Å². The maximum absolute atomic E-state index is 13.4. The minimum atomic E-state index is -0.204. The third kappa shape index (κ3) is 2.52. The summed E-state index contributed by atoms with van der Waals surface area (Å²) in [5.41, 5.74) is 2.89. The summed E-state index contributed by atoms with van der Waals surface area (Å²) >= 11 is 0. The number of likely N-dealkylation sites (N-methyl/N-ethyl adjacent to an activating group) is 1. The number of carbonyl (C=O) groups is 1. The Morgan fingerprint density at radius 2 is 1.75 bits per heavy atom. The van der Waals surface area contributed by atoms with Crippen LogP contribution in [0.4, 0.5) is 5.69 Å². The van der Waals surface area contributed by atoms with Gasteiger partial charge in [0.2, 0.25) is 0 Å². The van der Waals surface area contributed by atoms with E-state index in [4.69, 9.17) is 4.74 Å². The lowest BCUT2D eigenvalue weighted by Gasteiger charge is -2.54. The summed E-state index contributed by atoms with van der Waals surface area (Å²) in [6, 6.07) is 3.99. The van der Waals surface area contributed by atoms with Gasteiger partial charge in [-0.3, -0.25) is 4.79 Å². The lowest BCUT2D eigenvalue weighted by atomic mass is 9.72. The molecule has 1 saturated heterocycles. The van der Waals surface area contributed by atoms with Crippen LogP contribution in [0.2, 0.25) is 0 Å². The minimum absolute atomic E-state index is 0.204. The first-order valence-electron chi connectivity index (χ1n) is 9.31. The zero-order chi connectivity index (χ0) is 17.4. The number of methoxy groups -OCH3 is 1. The number of rotatable bonds is 5. The van der Waals surface area contributed by atoms with Gasteiger partial charge in [-0.1, -0.05) is 0 Å². The van der Waals surface area contributed by atoms with Crippen LogP contribution >= 0.6 is 0 Å². The van der Waals surface area contributed by atoms with Crippen LogP contribution in [-0.2, 0) is 4.79 Å². The number of quaternary nitrogens is 1. The van der Waals surface area contributed by atoms with Crippen molar-refractivity contribution in [2.75, 3.05) is 32.1 Å². The summed E-state index contributed by atoms with van der Waals surface area (Å²) in [4.78, 5) is 13.4. The molecule has 1 aliphatic carbocycles. The molecule has 0 aromatic heterocycles. The Hall–Kier alpha value is -1.55. The fourth-order valence-electron chi connectivity index (χ4n) is 4.88. The molecule has 132 valence electrons. The third-order valence-electron chi connectivity index (χ3n) is 6.52. The standard InChI is InChI=1S/C20H30N2O2/c1-5-22(11-6-7-12-22)20(9-8-10-20)19(23)21-18-15(2)13-17(24-4)14-16(18)3/h13-14H,5-12H2,1-4H3/p+1. The van der Waals surface area contributed by atoms with Crippen LogP contribution < -0.4 is 10.1 Å². The zero-order valence-electron chi connectivity index (χ0n) is 15.6. The van der Waals surface area contributed by atoms with Gasteiger partial charge in [-0.05, 0) is 50.5 Å². The number of likely N-dealkylation sites (tertiary alicyclic amines) is 1. The molecule has 0 bridgehead atoms. The average molecular weight is 331 g/mol. The lowest BCUT2D eigenvalue weighted by Crippen LogP contribution is -2.71. The summed E-state index contributed by atoms with van der Waals surface area (Å²) in [5.74, 6) is 1.08. The zero-order valence-corrected chi connectivity index (χ0v) is 15.6. The second-order valence-electron chi connectivity index (χ2n) is 7.59.